The van der Waals surface area contributed by atoms with Crippen molar-refractivity contribution in [3.8, 4) is 0 Å². The fraction of sp³-hybridized carbons (Fsp3) is 0.750. The minimum Gasteiger partial charge on any atom is -0.481 e. The lowest BCUT2D eigenvalue weighted by molar-refractivity contribution is -0.139. The van der Waals surface area contributed by atoms with Gasteiger partial charge in [-0.2, -0.15) is 0 Å². The average molecular weight is 520 g/mol. The van der Waals surface area contributed by atoms with E-state index in [4.69, 9.17) is 38.3 Å². The van der Waals surface area contributed by atoms with Gasteiger partial charge >= 0.3 is 17.9 Å². The maximum atomic E-state index is 10.6. The van der Waals surface area contributed by atoms with Crippen LogP contribution in [0.2, 0.25) is 0 Å². The number of rotatable bonds is 14. The van der Waals surface area contributed by atoms with Crippen molar-refractivity contribution in [3.05, 3.63) is 12.2 Å². The molecule has 0 unspecified atom stereocenters. The minimum atomic E-state index is -0.933. The largest absolute Gasteiger partial charge is 0.481 e. The molecule has 1 aliphatic heterocycles. The van der Waals surface area contributed by atoms with Gasteiger partial charge in [-0.3, -0.25) is 14.4 Å². The van der Waals surface area contributed by atoms with Crippen LogP contribution in [0.25, 0.3) is 0 Å². The highest BCUT2D eigenvalue weighted by atomic mass is 16.4. The van der Waals surface area contributed by atoms with Crippen LogP contribution in [0.5, 0.6) is 0 Å². The normalized spacial score (nSPS) is 13.4. The number of hydrogen-bond donors (Lipinski definition) is 8. The molecule has 1 atom stereocenters. The molecular weight excluding hydrogens is 470 g/mol. The Morgan fingerprint density at radius 1 is 0.861 bits per heavy atom. The highest BCUT2D eigenvalue weighted by Crippen LogP contribution is 2.02. The monoisotopic (exact) mass is 519 g/mol. The summed E-state index contributed by atoms with van der Waals surface area (Å²) >= 11 is 0. The van der Waals surface area contributed by atoms with Crippen LogP contribution in [0.1, 0.15) is 83.5 Å². The van der Waals surface area contributed by atoms with Gasteiger partial charge in [-0.25, -0.2) is 4.79 Å². The van der Waals surface area contributed by atoms with Crippen molar-refractivity contribution in [2.24, 2.45) is 22.9 Å². The molecule has 1 rings (SSSR count). The zero-order chi connectivity index (χ0) is 28.0. The van der Waals surface area contributed by atoms with Crippen LogP contribution < -0.4 is 28.3 Å². The predicted octanol–water partition coefficient (Wildman–Crippen LogP) is 1.16. The second kappa shape index (κ2) is 30.5. The Hall–Kier alpha value is -2.54. The fourth-order valence-electron chi connectivity index (χ4n) is 2.55. The second-order valence-electron chi connectivity index (χ2n) is 8.05. The van der Waals surface area contributed by atoms with Crippen molar-refractivity contribution < 1.29 is 34.5 Å². The summed E-state index contributed by atoms with van der Waals surface area (Å²) in [5.41, 5.74) is 20.8. The van der Waals surface area contributed by atoms with Crippen LogP contribution >= 0.6 is 0 Å². The topological polar surface area (TPSA) is 245 Å². The van der Waals surface area contributed by atoms with E-state index < -0.39 is 23.9 Å². The van der Waals surface area contributed by atoms with Crippen LogP contribution in [-0.2, 0) is 19.2 Å². The van der Waals surface area contributed by atoms with Crippen molar-refractivity contribution in [2.45, 2.75) is 89.5 Å². The molecule has 0 radical (unpaired) electrons. The van der Waals surface area contributed by atoms with E-state index in [1.807, 2.05) is 0 Å². The SMILES string of the molecule is NCCC/C=C/C(=O)O.NCCCCCC(=O)O.NCCCC[C@H](N)C(=O)O.O=C1CCCCCN1. The quantitative estimate of drug-likeness (QED) is 0.119. The Morgan fingerprint density at radius 3 is 2.00 bits per heavy atom. The summed E-state index contributed by atoms with van der Waals surface area (Å²) in [6.07, 6.45) is 13.6. The molecule has 1 amide bonds. The predicted molar refractivity (Wildman–Crippen MR) is 140 cm³/mol. The van der Waals surface area contributed by atoms with Gasteiger partial charge in [-0.1, -0.05) is 25.3 Å². The third kappa shape index (κ3) is 38.7. The molecular formula is C24H49N5O7. The first kappa shape index (κ1) is 38.0. The van der Waals surface area contributed by atoms with Gasteiger partial charge in [-0.05, 0) is 71.0 Å². The van der Waals surface area contributed by atoms with E-state index in [0.717, 1.165) is 76.8 Å². The molecule has 0 aromatic rings. The molecule has 36 heavy (non-hydrogen) atoms. The summed E-state index contributed by atoms with van der Waals surface area (Å²) in [6.45, 7) is 2.77. The Bertz CT molecular complexity index is 579. The van der Waals surface area contributed by atoms with E-state index in [9.17, 15) is 19.2 Å². The average Bonchev–Trinajstić information content (AvgIpc) is 3.08. The number of allylic oxidation sites excluding steroid dienone is 1. The van der Waals surface area contributed by atoms with Gasteiger partial charge in [0, 0.05) is 25.5 Å². The zero-order valence-electron chi connectivity index (χ0n) is 21.5. The van der Waals surface area contributed by atoms with Gasteiger partial charge in [0.15, 0.2) is 0 Å². The Balaban J connectivity index is -0.000000404. The van der Waals surface area contributed by atoms with E-state index in [1.54, 1.807) is 6.08 Å². The number of aliphatic carboxylic acids is 3. The maximum absolute atomic E-state index is 10.6. The minimum absolute atomic E-state index is 0.225. The number of nitrogens with one attached hydrogen (secondary N) is 1. The summed E-state index contributed by atoms with van der Waals surface area (Å²) in [4.78, 5) is 40.5. The lowest BCUT2D eigenvalue weighted by atomic mass is 10.1. The summed E-state index contributed by atoms with van der Waals surface area (Å²) in [5.74, 6) is -2.32. The number of carboxylic acid groups (broad SMARTS) is 3. The third-order valence-electron chi connectivity index (χ3n) is 4.62. The van der Waals surface area contributed by atoms with Gasteiger partial charge in [-0.15, -0.1) is 0 Å². The molecule has 1 heterocycles. The summed E-state index contributed by atoms with van der Waals surface area (Å²) in [6, 6.07) is -0.716. The van der Waals surface area contributed by atoms with Crippen molar-refractivity contribution in [1.82, 2.24) is 5.32 Å². The fourth-order valence-corrected chi connectivity index (χ4v) is 2.55. The van der Waals surface area contributed by atoms with Crippen molar-refractivity contribution in [1.29, 1.82) is 0 Å². The number of amides is 1. The molecule has 0 spiro atoms. The molecule has 0 saturated carbocycles. The van der Waals surface area contributed by atoms with Crippen LogP contribution in [-0.4, -0.2) is 71.4 Å². The van der Waals surface area contributed by atoms with Gasteiger partial charge in [0.1, 0.15) is 6.04 Å². The summed E-state index contributed by atoms with van der Waals surface area (Å²) in [5, 5.41) is 27.4. The van der Waals surface area contributed by atoms with E-state index >= 15 is 0 Å². The highest BCUT2D eigenvalue weighted by Gasteiger charge is 2.09. The van der Waals surface area contributed by atoms with Crippen molar-refractivity contribution >= 4 is 23.8 Å². The Kier molecular flexibility index (Phi) is 32.2. The van der Waals surface area contributed by atoms with Gasteiger partial charge in [0.25, 0.3) is 0 Å². The molecule has 0 bridgehead atoms. The molecule has 12 N–H and O–H groups in total. The summed E-state index contributed by atoms with van der Waals surface area (Å²) in [7, 11) is 0. The lowest BCUT2D eigenvalue weighted by Gasteiger charge is -2.03. The van der Waals surface area contributed by atoms with Gasteiger partial charge in [0.2, 0.25) is 5.91 Å². The van der Waals surface area contributed by atoms with Crippen LogP contribution in [0.4, 0.5) is 0 Å². The summed E-state index contributed by atoms with van der Waals surface area (Å²) < 4.78 is 0. The number of unbranched alkanes of at least 4 members (excludes halogenated alkanes) is 4. The molecule has 1 saturated heterocycles. The van der Waals surface area contributed by atoms with E-state index in [1.165, 1.54) is 6.42 Å². The molecule has 1 fully saturated rings. The molecule has 12 nitrogen and oxygen atoms in total. The molecule has 1 aliphatic rings. The Labute approximate surface area is 214 Å². The third-order valence-corrected chi connectivity index (χ3v) is 4.62. The van der Waals surface area contributed by atoms with Crippen molar-refractivity contribution in [3.63, 3.8) is 0 Å². The van der Waals surface area contributed by atoms with E-state index in [-0.39, 0.29) is 12.3 Å². The number of hydrogen-bond acceptors (Lipinski definition) is 8. The van der Waals surface area contributed by atoms with Crippen LogP contribution in [0.15, 0.2) is 12.2 Å². The maximum Gasteiger partial charge on any atom is 0.327 e. The standard InChI is InChI=1S/C6H14N2O2.C6H13NO2.C6H11NO2.C6H11NO/c7-4-2-1-3-5(8)6(9)10;2*7-5-3-1-2-4-6(8)9;8-6-4-2-1-3-5-7-6/h5H,1-4,7-8H2,(H,9,10);1-5,7H2,(H,8,9);2,4H,1,3,5,7H2,(H,8,9);1-5H2,(H,7,8)/b;;4-2+;/t5-;;;/m0.../s1. The smallest absolute Gasteiger partial charge is 0.327 e. The van der Waals surface area contributed by atoms with Crippen LogP contribution in [0, 0.1) is 0 Å². The number of carboxylic acids is 3. The molecule has 212 valence electrons. The Morgan fingerprint density at radius 2 is 1.47 bits per heavy atom. The van der Waals surface area contributed by atoms with E-state index in [2.05, 4.69) is 5.32 Å². The second-order valence-corrected chi connectivity index (χ2v) is 8.05. The number of carbonyl (C=O) groups is 4. The van der Waals surface area contributed by atoms with Gasteiger partial charge in [0.05, 0.1) is 0 Å². The zero-order valence-corrected chi connectivity index (χ0v) is 21.5. The first-order valence-corrected chi connectivity index (χ1v) is 12.6. The first-order chi connectivity index (χ1) is 17.1. The van der Waals surface area contributed by atoms with Gasteiger partial charge < -0.3 is 43.6 Å². The lowest BCUT2D eigenvalue weighted by Crippen LogP contribution is -2.29. The molecule has 12 heteroatoms. The molecule has 0 aromatic carbocycles. The van der Waals surface area contributed by atoms with Crippen molar-refractivity contribution in [2.75, 3.05) is 26.2 Å². The van der Waals surface area contributed by atoms with E-state index in [0.29, 0.717) is 26.1 Å². The highest BCUT2D eigenvalue weighted by molar-refractivity contribution is 5.79. The number of nitrogens with two attached hydrogens (primary N) is 4. The van der Waals surface area contributed by atoms with Crippen LogP contribution in [0.3, 0.4) is 0 Å². The molecule has 0 aliphatic carbocycles. The molecule has 0 aromatic heterocycles. The number of carbonyl (C=O) groups excluding carboxylic acids is 1. The first-order valence-electron chi connectivity index (χ1n) is 12.6.